The molecule has 0 spiro atoms. The molecule has 0 unspecified atom stereocenters. The summed E-state index contributed by atoms with van der Waals surface area (Å²) in [5, 5.41) is 25.9. The van der Waals surface area contributed by atoms with Gasteiger partial charge in [0.25, 0.3) is 0 Å². The van der Waals surface area contributed by atoms with Gasteiger partial charge in [-0.25, -0.2) is 18.5 Å². The number of carboxylic acid groups (broad SMARTS) is 2. The van der Waals surface area contributed by atoms with Crippen molar-refractivity contribution in [3.8, 4) is 5.75 Å². The third-order valence-electron chi connectivity index (χ3n) is 4.31. The van der Waals surface area contributed by atoms with Gasteiger partial charge in [-0.1, -0.05) is 0 Å². The molecule has 0 aliphatic rings. The van der Waals surface area contributed by atoms with Crippen LogP contribution in [0.5, 0.6) is 5.75 Å². The minimum absolute atomic E-state index is 0.000425. The number of aromatic nitrogens is 2. The number of hydrogen-bond donors (Lipinski definition) is 4. The van der Waals surface area contributed by atoms with Crippen molar-refractivity contribution in [2.75, 3.05) is 26.2 Å². The predicted octanol–water partition coefficient (Wildman–Crippen LogP) is -0.913. The zero-order valence-corrected chi connectivity index (χ0v) is 18.4. The first kappa shape index (κ1) is 25.8. The molecule has 2 aromatic rings. The van der Waals surface area contributed by atoms with E-state index in [1.54, 1.807) is 6.20 Å². The molecule has 14 heteroatoms. The molecule has 0 radical (unpaired) electrons. The maximum Gasteiger partial charge on any atom is 0.323 e. The van der Waals surface area contributed by atoms with Gasteiger partial charge in [0.05, 0.1) is 18.0 Å². The van der Waals surface area contributed by atoms with Gasteiger partial charge in [0.2, 0.25) is 15.9 Å². The quantitative estimate of drug-likeness (QED) is 0.244. The van der Waals surface area contributed by atoms with Crippen molar-refractivity contribution in [3.63, 3.8) is 0 Å². The lowest BCUT2D eigenvalue weighted by molar-refractivity contribution is -0.149. The Morgan fingerprint density at radius 2 is 1.76 bits per heavy atom. The van der Waals surface area contributed by atoms with Gasteiger partial charge in [0, 0.05) is 12.4 Å². The molecule has 13 nitrogen and oxygen atoms in total. The zero-order chi connectivity index (χ0) is 24.4. The molecule has 1 amide bonds. The van der Waals surface area contributed by atoms with Gasteiger partial charge in [-0.3, -0.25) is 14.4 Å². The Morgan fingerprint density at radius 3 is 2.33 bits per heavy atom. The van der Waals surface area contributed by atoms with E-state index < -0.39 is 41.0 Å². The highest BCUT2D eigenvalue weighted by Crippen LogP contribution is 2.14. The molecular formula is C19H25N5O8S. The van der Waals surface area contributed by atoms with Crippen LogP contribution in [0.25, 0.3) is 0 Å². The molecule has 1 aromatic heterocycles. The van der Waals surface area contributed by atoms with Gasteiger partial charge in [-0.15, -0.1) is 0 Å². The summed E-state index contributed by atoms with van der Waals surface area (Å²) in [7, 11) is -3.75. The van der Waals surface area contributed by atoms with Gasteiger partial charge < -0.3 is 29.7 Å². The SMILES string of the molecule is NS(=O)(=O)c1ccc(OCCCNCc2nccn2CC(=O)N(CC(=O)O)CC(=O)O)cc1. The maximum absolute atomic E-state index is 12.3. The second kappa shape index (κ2) is 11.9. The molecule has 33 heavy (non-hydrogen) atoms. The average molecular weight is 484 g/mol. The highest BCUT2D eigenvalue weighted by Gasteiger charge is 2.20. The number of ether oxygens (including phenoxy) is 1. The van der Waals surface area contributed by atoms with Crippen molar-refractivity contribution in [3.05, 3.63) is 42.5 Å². The van der Waals surface area contributed by atoms with Crippen molar-refractivity contribution in [2.24, 2.45) is 5.14 Å². The van der Waals surface area contributed by atoms with Crippen LogP contribution in [0.4, 0.5) is 0 Å². The molecule has 0 fully saturated rings. The molecule has 0 saturated carbocycles. The monoisotopic (exact) mass is 483 g/mol. The third kappa shape index (κ3) is 8.88. The number of nitrogens with two attached hydrogens (primary N) is 1. The normalized spacial score (nSPS) is 11.2. The first-order valence-corrected chi connectivity index (χ1v) is 11.3. The van der Waals surface area contributed by atoms with Crippen LogP contribution < -0.4 is 15.2 Å². The first-order chi connectivity index (χ1) is 15.6. The van der Waals surface area contributed by atoms with E-state index in [4.69, 9.17) is 20.1 Å². The van der Waals surface area contributed by atoms with Crippen LogP contribution in [0.2, 0.25) is 0 Å². The van der Waals surface area contributed by atoms with Crippen LogP contribution in [0.1, 0.15) is 12.2 Å². The minimum atomic E-state index is -3.75. The van der Waals surface area contributed by atoms with Gasteiger partial charge in [-0.05, 0) is 37.2 Å². The molecule has 1 aromatic carbocycles. The number of amides is 1. The number of carbonyl (C=O) groups excluding carboxylic acids is 1. The zero-order valence-electron chi connectivity index (χ0n) is 17.6. The van der Waals surface area contributed by atoms with Crippen molar-refractivity contribution in [1.82, 2.24) is 19.8 Å². The molecular weight excluding hydrogens is 458 g/mol. The largest absolute Gasteiger partial charge is 0.494 e. The minimum Gasteiger partial charge on any atom is -0.494 e. The number of rotatable bonds is 14. The maximum atomic E-state index is 12.3. The Kier molecular flexibility index (Phi) is 9.32. The Morgan fingerprint density at radius 1 is 1.12 bits per heavy atom. The van der Waals surface area contributed by atoms with Crippen molar-refractivity contribution in [1.29, 1.82) is 0 Å². The van der Waals surface area contributed by atoms with Crippen LogP contribution >= 0.6 is 0 Å². The van der Waals surface area contributed by atoms with E-state index in [0.29, 0.717) is 37.7 Å². The topological polar surface area (TPSA) is 194 Å². The van der Waals surface area contributed by atoms with Crippen LogP contribution in [-0.4, -0.2) is 77.2 Å². The van der Waals surface area contributed by atoms with Gasteiger partial charge in [0.15, 0.2) is 0 Å². The second-order valence-electron chi connectivity index (χ2n) is 6.90. The molecule has 0 aliphatic heterocycles. The van der Waals surface area contributed by atoms with Gasteiger partial charge >= 0.3 is 11.9 Å². The summed E-state index contributed by atoms with van der Waals surface area (Å²) in [4.78, 5) is 39.0. The number of sulfonamides is 1. The number of primary sulfonamides is 1. The lowest BCUT2D eigenvalue weighted by Gasteiger charge is -2.19. The summed E-state index contributed by atoms with van der Waals surface area (Å²) in [6, 6.07) is 5.74. The van der Waals surface area contributed by atoms with Gasteiger partial charge in [0.1, 0.15) is 31.2 Å². The number of nitrogens with one attached hydrogen (secondary N) is 1. The second-order valence-corrected chi connectivity index (χ2v) is 8.47. The summed E-state index contributed by atoms with van der Waals surface area (Å²) in [5.74, 6) is -2.24. The predicted molar refractivity (Wildman–Crippen MR) is 114 cm³/mol. The third-order valence-corrected chi connectivity index (χ3v) is 5.24. The van der Waals surface area contributed by atoms with Crippen LogP contribution in [0.15, 0.2) is 41.6 Å². The molecule has 2 rings (SSSR count). The fourth-order valence-electron chi connectivity index (χ4n) is 2.77. The fraction of sp³-hybridized carbons (Fsp3) is 0.368. The Balaban J connectivity index is 1.76. The Labute approximate surface area is 189 Å². The standard InChI is InChI=1S/C19H25N5O8S/c20-33(30,31)15-4-2-14(3-5-15)32-9-1-6-21-10-16-22-7-8-23(16)11-17(25)24(12-18(26)27)13-19(28)29/h2-5,7-8,21H,1,6,9-13H2,(H,26,27)(H,28,29)(H2,20,30,31). The molecule has 1 heterocycles. The summed E-state index contributed by atoms with van der Waals surface area (Å²) < 4.78 is 29.5. The van der Waals surface area contributed by atoms with E-state index in [-0.39, 0.29) is 11.4 Å². The molecule has 5 N–H and O–H groups in total. The lowest BCUT2D eigenvalue weighted by atomic mass is 10.3. The summed E-state index contributed by atoms with van der Waals surface area (Å²) in [5.41, 5.74) is 0. The van der Waals surface area contributed by atoms with E-state index in [0.717, 1.165) is 4.90 Å². The smallest absolute Gasteiger partial charge is 0.323 e. The number of nitrogens with zero attached hydrogens (tertiary/aromatic N) is 3. The van der Waals surface area contributed by atoms with E-state index in [1.165, 1.54) is 35.0 Å². The first-order valence-electron chi connectivity index (χ1n) is 9.74. The van der Waals surface area contributed by atoms with E-state index in [1.807, 2.05) is 0 Å². The van der Waals surface area contributed by atoms with Crippen LogP contribution in [0.3, 0.4) is 0 Å². The summed E-state index contributed by atoms with van der Waals surface area (Å²) in [6.45, 7) is -0.416. The number of hydrogen-bond acceptors (Lipinski definition) is 8. The molecule has 0 saturated heterocycles. The van der Waals surface area contributed by atoms with Crippen LogP contribution in [-0.2, 0) is 37.5 Å². The lowest BCUT2D eigenvalue weighted by Crippen LogP contribution is -2.41. The number of benzene rings is 1. The van der Waals surface area contributed by atoms with Crippen molar-refractivity contribution in [2.45, 2.75) is 24.4 Å². The van der Waals surface area contributed by atoms with E-state index in [2.05, 4.69) is 10.3 Å². The van der Waals surface area contributed by atoms with Crippen molar-refractivity contribution < 1.29 is 37.8 Å². The number of aliphatic carboxylic acids is 2. The number of carbonyl (C=O) groups is 3. The number of imidazole rings is 1. The molecule has 0 bridgehead atoms. The highest BCUT2D eigenvalue weighted by molar-refractivity contribution is 7.89. The molecule has 0 atom stereocenters. The number of carboxylic acids is 2. The molecule has 180 valence electrons. The summed E-state index contributed by atoms with van der Waals surface area (Å²) in [6.07, 6.45) is 3.65. The molecule has 0 aliphatic carbocycles. The average Bonchev–Trinajstić information content (AvgIpc) is 3.16. The van der Waals surface area contributed by atoms with E-state index >= 15 is 0 Å². The van der Waals surface area contributed by atoms with E-state index in [9.17, 15) is 22.8 Å². The van der Waals surface area contributed by atoms with Crippen LogP contribution in [0, 0.1) is 0 Å². The summed E-state index contributed by atoms with van der Waals surface area (Å²) >= 11 is 0. The van der Waals surface area contributed by atoms with Crippen molar-refractivity contribution >= 4 is 27.9 Å². The van der Waals surface area contributed by atoms with Gasteiger partial charge in [-0.2, -0.15) is 0 Å². The fourth-order valence-corrected chi connectivity index (χ4v) is 3.28. The highest BCUT2D eigenvalue weighted by atomic mass is 32.2. The Hall–Kier alpha value is -3.49. The Bertz CT molecular complexity index is 1050.